The number of benzene rings is 2. The molecule has 1 aliphatic rings. The molecule has 1 aliphatic heterocycles. The smallest absolute Gasteiger partial charge is 0.360 e. The lowest BCUT2D eigenvalue weighted by Crippen LogP contribution is -2.03. The van der Waals surface area contributed by atoms with Crippen LogP contribution >= 0.6 is 41.2 Å². The maximum Gasteiger partial charge on any atom is 0.360 e. The summed E-state index contributed by atoms with van der Waals surface area (Å²) < 4.78 is 17.5. The second-order valence-corrected chi connectivity index (χ2v) is 8.21. The minimum Gasteiger partial charge on any atom is -0.429 e. The second kappa shape index (κ2) is 5.75. The third-order valence-corrected chi connectivity index (χ3v) is 5.28. The Kier molecular flexibility index (Phi) is 4.09. The van der Waals surface area contributed by atoms with Crippen LogP contribution in [0.4, 0.5) is 0 Å². The van der Waals surface area contributed by atoms with Gasteiger partial charge in [-0.25, -0.2) is 0 Å². The highest BCUT2D eigenvalue weighted by Crippen LogP contribution is 2.61. The van der Waals surface area contributed by atoms with E-state index in [2.05, 4.69) is 0 Å². The van der Waals surface area contributed by atoms with Crippen LogP contribution in [0.25, 0.3) is 5.57 Å². The Labute approximate surface area is 141 Å². The molecule has 7 heteroatoms. The average Bonchev–Trinajstić information content (AvgIpc) is 2.46. The quantitative estimate of drug-likeness (QED) is 0.484. The molecule has 0 saturated carbocycles. The van der Waals surface area contributed by atoms with Gasteiger partial charge in [-0.15, -0.1) is 0 Å². The van der Waals surface area contributed by atoms with Crippen molar-refractivity contribution in [3.8, 4) is 5.75 Å². The van der Waals surface area contributed by atoms with E-state index in [1.54, 1.807) is 0 Å². The number of carbonyl (C=O) groups excluding carboxylic acids is 1. The van der Waals surface area contributed by atoms with Crippen molar-refractivity contribution in [2.45, 2.75) is 0 Å². The third-order valence-electron chi connectivity index (χ3n) is 3.18. The zero-order valence-corrected chi connectivity index (χ0v) is 14.1. The summed E-state index contributed by atoms with van der Waals surface area (Å²) in [5.74, 6) is 1.59. The Bertz CT molecular complexity index is 847. The summed E-state index contributed by atoms with van der Waals surface area (Å²) >= 11 is 17.8. The van der Waals surface area contributed by atoms with Gasteiger partial charge in [-0.2, -0.15) is 0 Å². The van der Waals surface area contributed by atoms with Gasteiger partial charge in [0.1, 0.15) is 5.75 Å². The molecule has 3 nitrogen and oxygen atoms in total. The van der Waals surface area contributed by atoms with E-state index in [1.165, 1.54) is 17.9 Å². The first-order chi connectivity index (χ1) is 10.4. The molecule has 112 valence electrons. The first kappa shape index (κ1) is 15.6. The van der Waals surface area contributed by atoms with Crippen molar-refractivity contribution in [2.24, 2.45) is 0 Å². The molecule has 0 aromatic heterocycles. The topological polar surface area (TPSA) is 43.4 Å². The summed E-state index contributed by atoms with van der Waals surface area (Å²) in [5, 5.41) is -0.538. The van der Waals surface area contributed by atoms with Crippen LogP contribution in [-0.4, -0.2) is 5.24 Å². The molecule has 2 aromatic rings. The van der Waals surface area contributed by atoms with Crippen LogP contribution in [0.5, 0.6) is 5.75 Å². The molecule has 0 bridgehead atoms. The van der Waals surface area contributed by atoms with E-state index in [0.717, 1.165) is 5.56 Å². The highest BCUT2D eigenvalue weighted by atomic mass is 35.7. The van der Waals surface area contributed by atoms with Gasteiger partial charge in [-0.05, 0) is 40.5 Å². The van der Waals surface area contributed by atoms with Gasteiger partial charge in [0.2, 0.25) is 0 Å². The fourth-order valence-electron chi connectivity index (χ4n) is 2.25. The van der Waals surface area contributed by atoms with Crippen molar-refractivity contribution in [1.29, 1.82) is 0 Å². The van der Waals surface area contributed by atoms with E-state index in [1.807, 2.05) is 30.3 Å². The molecule has 0 saturated heterocycles. The van der Waals surface area contributed by atoms with Crippen molar-refractivity contribution in [1.82, 2.24) is 0 Å². The minimum atomic E-state index is -3.47. The van der Waals surface area contributed by atoms with Crippen molar-refractivity contribution in [2.75, 3.05) is 0 Å². The number of halogens is 3. The summed E-state index contributed by atoms with van der Waals surface area (Å²) in [6.07, 6.45) is 0. The van der Waals surface area contributed by atoms with Crippen LogP contribution in [0.15, 0.2) is 48.3 Å². The van der Waals surface area contributed by atoms with Crippen LogP contribution in [-0.2, 0) is 4.57 Å². The molecule has 0 radical (unpaired) electrons. The lowest BCUT2D eigenvalue weighted by Gasteiger charge is -2.23. The summed E-state index contributed by atoms with van der Waals surface area (Å²) in [4.78, 5) is 11.5. The van der Waals surface area contributed by atoms with Crippen molar-refractivity contribution < 1.29 is 13.9 Å². The van der Waals surface area contributed by atoms with E-state index < -0.39 is 12.0 Å². The number of carbonyl (C=O) groups is 1. The fourth-order valence-corrected chi connectivity index (χ4v) is 4.38. The van der Waals surface area contributed by atoms with Gasteiger partial charge in [0.15, 0.2) is 0 Å². The molecule has 0 N–H and O–H groups in total. The molecule has 1 heterocycles. The van der Waals surface area contributed by atoms with Gasteiger partial charge in [0, 0.05) is 17.0 Å². The first-order valence-corrected chi connectivity index (χ1v) is 9.54. The van der Waals surface area contributed by atoms with Gasteiger partial charge in [-0.3, -0.25) is 9.36 Å². The highest BCUT2D eigenvalue weighted by Gasteiger charge is 2.31. The van der Waals surface area contributed by atoms with E-state index in [4.69, 9.17) is 39.0 Å². The molecular formula is C15H8Cl3O3P. The number of hydrogen-bond donors (Lipinski definition) is 0. The Morgan fingerprint density at radius 3 is 2.41 bits per heavy atom. The van der Waals surface area contributed by atoms with Gasteiger partial charge in [0.05, 0.1) is 10.6 Å². The fraction of sp³-hybridized carbons (Fsp3) is 0. The Morgan fingerprint density at radius 1 is 1.09 bits per heavy atom. The monoisotopic (exact) mass is 372 g/mol. The Hall–Kier alpha value is -1.25. The third kappa shape index (κ3) is 2.82. The maximum atomic E-state index is 12.2. The van der Waals surface area contributed by atoms with E-state index in [-0.39, 0.29) is 16.3 Å². The Balaban J connectivity index is 2.31. The van der Waals surface area contributed by atoms with Crippen molar-refractivity contribution in [3.63, 3.8) is 0 Å². The number of hydrogen-bond acceptors (Lipinski definition) is 3. The standard InChI is InChI=1S/C15H8Cl3O3P/c16-14-10(15(17)19)6-7-12-13(14)11(8-22(18,20)21-12)9-4-2-1-3-5-9/h1-8H. The summed E-state index contributed by atoms with van der Waals surface area (Å²) in [6.45, 7) is -3.47. The molecule has 0 amide bonds. The van der Waals surface area contributed by atoms with Gasteiger partial charge in [0.25, 0.3) is 5.24 Å². The summed E-state index contributed by atoms with van der Waals surface area (Å²) in [6, 6.07) is 12.1. The molecular weight excluding hydrogens is 365 g/mol. The van der Waals surface area contributed by atoms with E-state index in [0.29, 0.717) is 11.1 Å². The molecule has 1 atom stereocenters. The minimum absolute atomic E-state index is 0.143. The molecule has 2 aromatic carbocycles. The lowest BCUT2D eigenvalue weighted by atomic mass is 9.97. The molecule has 0 fully saturated rings. The van der Waals surface area contributed by atoms with Crippen LogP contribution in [0, 0.1) is 0 Å². The first-order valence-electron chi connectivity index (χ1n) is 6.19. The number of fused-ring (bicyclic) bond motifs is 1. The average molecular weight is 374 g/mol. The van der Waals surface area contributed by atoms with Gasteiger partial charge < -0.3 is 4.52 Å². The molecule has 3 rings (SSSR count). The van der Waals surface area contributed by atoms with Crippen LogP contribution in [0.2, 0.25) is 5.02 Å². The lowest BCUT2D eigenvalue weighted by molar-refractivity contribution is 0.108. The highest BCUT2D eigenvalue weighted by molar-refractivity contribution is 7.88. The van der Waals surface area contributed by atoms with Gasteiger partial charge in [-0.1, -0.05) is 41.9 Å². The maximum absolute atomic E-state index is 12.2. The summed E-state index contributed by atoms with van der Waals surface area (Å²) in [7, 11) is 0. The molecule has 22 heavy (non-hydrogen) atoms. The van der Waals surface area contributed by atoms with Gasteiger partial charge >= 0.3 is 6.72 Å². The molecule has 1 unspecified atom stereocenters. The van der Waals surface area contributed by atoms with Crippen LogP contribution in [0.3, 0.4) is 0 Å². The van der Waals surface area contributed by atoms with Crippen LogP contribution in [0.1, 0.15) is 21.5 Å². The SMILES string of the molecule is O=C(Cl)c1ccc2c(c1Cl)C(c1ccccc1)=CP(=O)(Cl)O2. The molecule has 0 spiro atoms. The second-order valence-electron chi connectivity index (χ2n) is 4.59. The van der Waals surface area contributed by atoms with Crippen molar-refractivity contribution >= 4 is 52.0 Å². The largest absolute Gasteiger partial charge is 0.429 e. The predicted molar refractivity (Wildman–Crippen MR) is 89.2 cm³/mol. The van der Waals surface area contributed by atoms with E-state index >= 15 is 0 Å². The number of rotatable bonds is 2. The normalized spacial score (nSPS) is 19.9. The Morgan fingerprint density at radius 2 is 1.77 bits per heavy atom. The predicted octanol–water partition coefficient (Wildman–Crippen LogP) is 5.93. The summed E-state index contributed by atoms with van der Waals surface area (Å²) in [5.41, 5.74) is 1.91. The zero-order chi connectivity index (χ0) is 15.9. The van der Waals surface area contributed by atoms with Crippen molar-refractivity contribution in [3.05, 3.63) is 70.0 Å². The molecule has 0 aliphatic carbocycles. The zero-order valence-electron chi connectivity index (χ0n) is 10.9. The van der Waals surface area contributed by atoms with Crippen LogP contribution < -0.4 is 4.52 Å². The van der Waals surface area contributed by atoms with E-state index in [9.17, 15) is 9.36 Å².